The van der Waals surface area contributed by atoms with Crippen molar-refractivity contribution in [2.45, 2.75) is 12.5 Å². The molecule has 0 heterocycles. The van der Waals surface area contributed by atoms with Gasteiger partial charge in [0.2, 0.25) is 0 Å². The summed E-state index contributed by atoms with van der Waals surface area (Å²) < 4.78 is 0. The molecule has 4 N–H and O–H groups in total. The quantitative estimate of drug-likeness (QED) is 0.484. The topological polar surface area (TPSA) is 115 Å². The molecule has 0 amide bonds. The summed E-state index contributed by atoms with van der Waals surface area (Å²) in [5.41, 5.74) is -0.914. The maximum atomic E-state index is 10.6. The van der Waals surface area contributed by atoms with Gasteiger partial charge in [0.05, 0.1) is 11.1 Å². The molecule has 0 unspecified atom stereocenters. The van der Waals surface area contributed by atoms with Crippen LogP contribution in [0.3, 0.4) is 0 Å². The number of aliphatic hydroxyl groups is 2. The first-order valence-corrected chi connectivity index (χ1v) is 3.72. The average molecular weight is 200 g/mol. The van der Waals surface area contributed by atoms with Gasteiger partial charge in [0.15, 0.2) is 0 Å². The van der Waals surface area contributed by atoms with Crippen LogP contribution in [0.15, 0.2) is 23.0 Å². The molecule has 6 nitrogen and oxygen atoms in total. The lowest BCUT2D eigenvalue weighted by molar-refractivity contribution is -0.136. The predicted molar refractivity (Wildman–Crippen MR) is 43.6 cm³/mol. The number of hydrogen-bond acceptors (Lipinski definition) is 4. The van der Waals surface area contributed by atoms with E-state index in [4.69, 9.17) is 20.4 Å². The van der Waals surface area contributed by atoms with E-state index in [1.807, 2.05) is 0 Å². The first-order chi connectivity index (χ1) is 6.43. The number of aliphatic hydroxyl groups excluding tert-OH is 2. The lowest BCUT2D eigenvalue weighted by Crippen LogP contribution is -2.22. The van der Waals surface area contributed by atoms with Gasteiger partial charge in [0, 0.05) is 6.42 Å². The lowest BCUT2D eigenvalue weighted by atomic mass is 9.94. The van der Waals surface area contributed by atoms with Crippen molar-refractivity contribution in [1.82, 2.24) is 0 Å². The van der Waals surface area contributed by atoms with Crippen LogP contribution in [0.5, 0.6) is 0 Å². The highest BCUT2D eigenvalue weighted by atomic mass is 16.4. The van der Waals surface area contributed by atoms with E-state index < -0.39 is 41.4 Å². The molecule has 0 saturated heterocycles. The Bertz CT molecular complexity index is 351. The highest BCUT2D eigenvalue weighted by Gasteiger charge is 2.28. The zero-order valence-corrected chi connectivity index (χ0v) is 6.97. The van der Waals surface area contributed by atoms with E-state index in [1.165, 1.54) is 0 Å². The summed E-state index contributed by atoms with van der Waals surface area (Å²) >= 11 is 0. The summed E-state index contributed by atoms with van der Waals surface area (Å²) in [4.78, 5) is 21.1. The SMILES string of the molecule is O=C(O)C1=C(C(=O)O)C[C@@H](O)C(O)=C1. The number of carboxylic acid groups (broad SMARTS) is 2. The van der Waals surface area contributed by atoms with E-state index >= 15 is 0 Å². The largest absolute Gasteiger partial charge is 0.510 e. The molecule has 1 aliphatic rings. The van der Waals surface area contributed by atoms with Crippen molar-refractivity contribution in [2.75, 3.05) is 0 Å². The highest BCUT2D eigenvalue weighted by molar-refractivity contribution is 6.01. The zero-order valence-electron chi connectivity index (χ0n) is 6.97. The number of aliphatic carboxylic acids is 2. The van der Waals surface area contributed by atoms with Gasteiger partial charge in [0.1, 0.15) is 11.9 Å². The third kappa shape index (κ3) is 1.74. The Morgan fingerprint density at radius 3 is 2.29 bits per heavy atom. The predicted octanol–water partition coefficient (Wildman–Crippen LogP) is -0.341. The molecule has 14 heavy (non-hydrogen) atoms. The second kappa shape index (κ2) is 3.51. The minimum atomic E-state index is -1.44. The maximum absolute atomic E-state index is 10.6. The van der Waals surface area contributed by atoms with Gasteiger partial charge in [-0.05, 0) is 6.08 Å². The molecule has 0 fully saturated rings. The fourth-order valence-corrected chi connectivity index (χ4v) is 1.13. The summed E-state index contributed by atoms with van der Waals surface area (Å²) in [6.45, 7) is 0. The van der Waals surface area contributed by atoms with Crippen LogP contribution in [0.25, 0.3) is 0 Å². The van der Waals surface area contributed by atoms with Gasteiger partial charge in [-0.2, -0.15) is 0 Å². The molecular weight excluding hydrogens is 192 g/mol. The van der Waals surface area contributed by atoms with Gasteiger partial charge < -0.3 is 20.4 Å². The van der Waals surface area contributed by atoms with Crippen LogP contribution in [0.4, 0.5) is 0 Å². The minimum absolute atomic E-state index is 0.403. The Morgan fingerprint density at radius 1 is 1.29 bits per heavy atom. The molecule has 6 heteroatoms. The molecule has 1 atom stereocenters. The second-order valence-electron chi connectivity index (χ2n) is 2.79. The van der Waals surface area contributed by atoms with Gasteiger partial charge in [-0.15, -0.1) is 0 Å². The molecule has 0 aromatic heterocycles. The second-order valence-corrected chi connectivity index (χ2v) is 2.79. The molecule has 0 bridgehead atoms. The lowest BCUT2D eigenvalue weighted by Gasteiger charge is -2.16. The fourth-order valence-electron chi connectivity index (χ4n) is 1.13. The molecule has 0 aromatic rings. The number of hydrogen-bond donors (Lipinski definition) is 4. The van der Waals surface area contributed by atoms with Crippen molar-refractivity contribution in [3.05, 3.63) is 23.0 Å². The molecule has 0 radical (unpaired) electrons. The molecule has 0 saturated carbocycles. The van der Waals surface area contributed by atoms with Crippen LogP contribution in [0.2, 0.25) is 0 Å². The monoisotopic (exact) mass is 200 g/mol. The van der Waals surface area contributed by atoms with Crippen LogP contribution >= 0.6 is 0 Å². The molecule has 0 spiro atoms. The Labute approximate surface area is 78.4 Å². The molecule has 1 rings (SSSR count). The third-order valence-electron chi connectivity index (χ3n) is 1.84. The van der Waals surface area contributed by atoms with Crippen LogP contribution in [0.1, 0.15) is 6.42 Å². The third-order valence-corrected chi connectivity index (χ3v) is 1.84. The summed E-state index contributed by atoms with van der Waals surface area (Å²) in [7, 11) is 0. The average Bonchev–Trinajstić information content (AvgIpc) is 2.08. The molecular formula is C8H8O6. The van der Waals surface area contributed by atoms with Crippen molar-refractivity contribution < 1.29 is 30.0 Å². The van der Waals surface area contributed by atoms with Crippen LogP contribution < -0.4 is 0 Å². The number of carbonyl (C=O) groups is 2. The summed E-state index contributed by atoms with van der Waals surface area (Å²) in [6.07, 6.45) is -0.997. The van der Waals surface area contributed by atoms with Crippen LogP contribution in [0, 0.1) is 0 Å². The Morgan fingerprint density at radius 2 is 1.86 bits per heavy atom. The van der Waals surface area contributed by atoms with Crippen molar-refractivity contribution in [2.24, 2.45) is 0 Å². The van der Waals surface area contributed by atoms with Gasteiger partial charge >= 0.3 is 11.9 Å². The van der Waals surface area contributed by atoms with E-state index in [9.17, 15) is 9.59 Å². The summed E-state index contributed by atoms with van der Waals surface area (Å²) in [6, 6.07) is 0. The fraction of sp³-hybridized carbons (Fsp3) is 0.250. The number of rotatable bonds is 2. The van der Waals surface area contributed by atoms with Crippen LogP contribution in [-0.2, 0) is 9.59 Å². The van der Waals surface area contributed by atoms with E-state index in [1.54, 1.807) is 0 Å². The molecule has 0 aliphatic heterocycles. The van der Waals surface area contributed by atoms with Gasteiger partial charge in [-0.25, -0.2) is 9.59 Å². The van der Waals surface area contributed by atoms with E-state index in [0.717, 1.165) is 6.08 Å². The van der Waals surface area contributed by atoms with E-state index in [0.29, 0.717) is 0 Å². The molecule has 76 valence electrons. The standard InChI is InChI=1S/C8H8O6/c9-5-1-3(7(11)12)4(8(13)14)2-6(5)10/h1,6,9-10H,2H2,(H,11,12)(H,13,14)/t6-/m1/s1. The van der Waals surface area contributed by atoms with Gasteiger partial charge in [0.25, 0.3) is 0 Å². The molecule has 1 aliphatic carbocycles. The molecule has 0 aromatic carbocycles. The van der Waals surface area contributed by atoms with Crippen molar-refractivity contribution in [1.29, 1.82) is 0 Å². The van der Waals surface area contributed by atoms with Crippen molar-refractivity contribution >= 4 is 11.9 Å². The maximum Gasteiger partial charge on any atom is 0.336 e. The summed E-state index contributed by atoms with van der Waals surface area (Å²) in [5, 5.41) is 35.3. The minimum Gasteiger partial charge on any atom is -0.510 e. The first kappa shape index (κ1) is 10.3. The normalized spacial score (nSPS) is 21.8. The summed E-state index contributed by atoms with van der Waals surface area (Å²) in [5.74, 6) is -3.39. The Hall–Kier alpha value is -1.82. The van der Waals surface area contributed by atoms with Crippen LogP contribution in [-0.4, -0.2) is 38.5 Å². The highest BCUT2D eigenvalue weighted by Crippen LogP contribution is 2.23. The smallest absolute Gasteiger partial charge is 0.336 e. The van der Waals surface area contributed by atoms with Crippen molar-refractivity contribution in [3.63, 3.8) is 0 Å². The Balaban J connectivity index is 3.21. The first-order valence-electron chi connectivity index (χ1n) is 3.72. The van der Waals surface area contributed by atoms with E-state index in [-0.39, 0.29) is 0 Å². The van der Waals surface area contributed by atoms with Gasteiger partial charge in [-0.1, -0.05) is 0 Å². The van der Waals surface area contributed by atoms with Gasteiger partial charge in [-0.3, -0.25) is 0 Å². The zero-order chi connectivity index (χ0) is 10.9. The number of carboxylic acids is 2. The van der Waals surface area contributed by atoms with Crippen molar-refractivity contribution in [3.8, 4) is 0 Å². The Kier molecular flexibility index (Phi) is 2.57. The van der Waals surface area contributed by atoms with E-state index in [2.05, 4.69) is 0 Å².